The molecule has 2 aromatic rings. The summed E-state index contributed by atoms with van der Waals surface area (Å²) in [4.78, 5) is 60.3. The average molecular weight is 571 g/mol. The van der Waals surface area contributed by atoms with E-state index in [1.54, 1.807) is 6.92 Å². The quantitative estimate of drug-likeness (QED) is 0.0940. The van der Waals surface area contributed by atoms with Crippen LogP contribution in [-0.4, -0.2) is 81.9 Å². The van der Waals surface area contributed by atoms with Crippen LogP contribution in [-0.2, 0) is 25.6 Å². The minimum Gasteiger partial charge on any atom is -0.480 e. The van der Waals surface area contributed by atoms with E-state index < -0.39 is 42.0 Å². The number of benzene rings is 1. The second kappa shape index (κ2) is 14.5. The van der Waals surface area contributed by atoms with E-state index in [4.69, 9.17) is 17.2 Å². The van der Waals surface area contributed by atoms with Crippen LogP contribution in [0.25, 0.3) is 10.9 Å². The summed E-state index contributed by atoms with van der Waals surface area (Å²) in [6.07, 6.45) is 4.24. The summed E-state index contributed by atoms with van der Waals surface area (Å²) in [5.41, 5.74) is 19.0. The van der Waals surface area contributed by atoms with Crippen molar-refractivity contribution in [3.8, 4) is 0 Å². The van der Waals surface area contributed by atoms with E-state index in [-0.39, 0.29) is 30.8 Å². The Bertz CT molecular complexity index is 1260. The van der Waals surface area contributed by atoms with Gasteiger partial charge in [0.25, 0.3) is 0 Å². The third-order valence-corrected chi connectivity index (χ3v) is 7.63. The van der Waals surface area contributed by atoms with Crippen molar-refractivity contribution in [3.05, 3.63) is 36.0 Å². The van der Waals surface area contributed by atoms with Gasteiger partial charge in [0.2, 0.25) is 17.7 Å². The number of carbonyl (C=O) groups excluding carboxylic acids is 3. The van der Waals surface area contributed by atoms with E-state index in [9.17, 15) is 24.3 Å². The lowest BCUT2D eigenvalue weighted by Gasteiger charge is -2.29. The number of aromatic nitrogens is 1. The minimum absolute atomic E-state index is 0.0955. The van der Waals surface area contributed by atoms with Gasteiger partial charge in [-0.2, -0.15) is 0 Å². The molecule has 0 spiro atoms. The second-order valence-corrected chi connectivity index (χ2v) is 10.6. The number of amides is 3. The lowest BCUT2D eigenvalue weighted by molar-refractivity contribution is -0.144. The second-order valence-electron chi connectivity index (χ2n) is 10.6. The van der Waals surface area contributed by atoms with Gasteiger partial charge in [-0.25, -0.2) is 4.79 Å². The predicted octanol–water partition coefficient (Wildman–Crippen LogP) is 0.183. The highest BCUT2D eigenvalue weighted by Gasteiger charge is 2.38. The van der Waals surface area contributed by atoms with Crippen LogP contribution in [0.3, 0.4) is 0 Å². The fourth-order valence-electron chi connectivity index (χ4n) is 5.12. The maximum atomic E-state index is 13.4. The molecule has 2 heterocycles. The van der Waals surface area contributed by atoms with Gasteiger partial charge in [0.05, 0.1) is 6.04 Å². The molecule has 5 atom stereocenters. The number of H-pyrrole nitrogens is 1. The molecule has 1 saturated heterocycles. The number of carbonyl (C=O) groups is 4. The number of aromatic amines is 1. The predicted molar refractivity (Wildman–Crippen MR) is 156 cm³/mol. The van der Waals surface area contributed by atoms with Gasteiger partial charge in [-0.05, 0) is 49.7 Å². The lowest BCUT2D eigenvalue weighted by Crippen LogP contribution is -2.57. The summed E-state index contributed by atoms with van der Waals surface area (Å²) in [7, 11) is 0. The third-order valence-electron chi connectivity index (χ3n) is 7.63. The zero-order chi connectivity index (χ0) is 30.1. The van der Waals surface area contributed by atoms with Gasteiger partial charge in [-0.15, -0.1) is 0 Å². The summed E-state index contributed by atoms with van der Waals surface area (Å²) < 4.78 is 0. The third kappa shape index (κ3) is 8.19. The fraction of sp³-hybridized carbons (Fsp3) is 0.536. The number of hydrogen-bond donors (Lipinski definition) is 7. The first kappa shape index (κ1) is 31.4. The Hall–Kier alpha value is -4.13. The molecule has 1 aromatic heterocycles. The molecule has 3 amide bonds. The van der Waals surface area contributed by atoms with Crippen LogP contribution in [0.1, 0.15) is 51.5 Å². The molecular formula is C28H42N8O5. The Morgan fingerprint density at radius 3 is 2.61 bits per heavy atom. The largest absolute Gasteiger partial charge is 0.480 e. The number of aliphatic carboxylic acids is 1. The highest BCUT2D eigenvalue weighted by molar-refractivity contribution is 5.94. The number of aliphatic imine (C=N–C) groups is 1. The molecule has 0 aliphatic carbocycles. The number of rotatable bonds is 14. The van der Waals surface area contributed by atoms with Crippen molar-refractivity contribution in [2.45, 2.75) is 76.5 Å². The van der Waals surface area contributed by atoms with Gasteiger partial charge in [0, 0.05) is 30.2 Å². The first-order chi connectivity index (χ1) is 19.5. The van der Waals surface area contributed by atoms with Gasteiger partial charge in [0.1, 0.15) is 18.1 Å². The Kier molecular flexibility index (Phi) is 11.1. The Morgan fingerprint density at radius 1 is 1.20 bits per heavy atom. The van der Waals surface area contributed by atoms with Gasteiger partial charge >= 0.3 is 5.97 Å². The van der Waals surface area contributed by atoms with Crippen LogP contribution in [0.5, 0.6) is 0 Å². The van der Waals surface area contributed by atoms with E-state index in [1.165, 1.54) is 4.90 Å². The smallest absolute Gasteiger partial charge is 0.326 e. The maximum absolute atomic E-state index is 13.4. The number of hydrogen-bond acceptors (Lipinski definition) is 6. The summed E-state index contributed by atoms with van der Waals surface area (Å²) in [5, 5.41) is 15.9. The molecule has 10 N–H and O–H groups in total. The fourth-order valence-corrected chi connectivity index (χ4v) is 5.12. The van der Waals surface area contributed by atoms with Crippen molar-refractivity contribution in [1.29, 1.82) is 0 Å². The van der Waals surface area contributed by atoms with Gasteiger partial charge in [-0.1, -0.05) is 38.5 Å². The van der Waals surface area contributed by atoms with Crippen molar-refractivity contribution in [1.82, 2.24) is 20.5 Å². The molecule has 1 aromatic carbocycles. The standard InChI is InChI=1S/C28H42N8O5/c1-3-16(2)23(27(40)41)35-24(37)21(10-6-12-32-28(30)31)34-25(38)22-11-7-13-36(22)26(39)19(29)14-17-15-33-20-9-5-4-8-18(17)20/h4-5,8-9,15-16,19,21-23,33H,3,6-7,10-14,29H2,1-2H3,(H,34,38)(H,35,37)(H,40,41)(H4,30,31,32). The van der Waals surface area contributed by atoms with Crippen LogP contribution in [0.15, 0.2) is 35.5 Å². The highest BCUT2D eigenvalue weighted by atomic mass is 16.4. The van der Waals surface area contributed by atoms with E-state index in [0.717, 1.165) is 16.5 Å². The number of likely N-dealkylation sites (tertiary alicyclic amines) is 1. The van der Waals surface area contributed by atoms with Gasteiger partial charge in [-0.3, -0.25) is 19.4 Å². The summed E-state index contributed by atoms with van der Waals surface area (Å²) in [6.45, 7) is 4.16. The maximum Gasteiger partial charge on any atom is 0.326 e. The normalized spacial score (nSPS) is 17.8. The van der Waals surface area contributed by atoms with E-state index >= 15 is 0 Å². The number of nitrogens with two attached hydrogens (primary N) is 3. The average Bonchev–Trinajstić information content (AvgIpc) is 3.60. The van der Waals surface area contributed by atoms with Gasteiger partial charge < -0.3 is 42.8 Å². The lowest BCUT2D eigenvalue weighted by atomic mass is 9.98. The van der Waals surface area contributed by atoms with Crippen LogP contribution in [0.4, 0.5) is 0 Å². The van der Waals surface area contributed by atoms with E-state index in [1.807, 2.05) is 37.4 Å². The van der Waals surface area contributed by atoms with Crippen LogP contribution >= 0.6 is 0 Å². The van der Waals surface area contributed by atoms with Crippen molar-refractivity contribution < 1.29 is 24.3 Å². The monoisotopic (exact) mass is 570 g/mol. The van der Waals surface area contributed by atoms with Gasteiger partial charge in [0.15, 0.2) is 5.96 Å². The Labute approximate surface area is 239 Å². The molecule has 0 bridgehead atoms. The molecule has 3 rings (SSSR count). The number of guanidine groups is 1. The zero-order valence-electron chi connectivity index (χ0n) is 23.6. The number of fused-ring (bicyclic) bond motifs is 1. The molecule has 0 saturated carbocycles. The molecule has 224 valence electrons. The van der Waals surface area contributed by atoms with Crippen LogP contribution < -0.4 is 27.8 Å². The first-order valence-corrected chi connectivity index (χ1v) is 14.0. The molecule has 1 aliphatic heterocycles. The Morgan fingerprint density at radius 2 is 1.93 bits per heavy atom. The van der Waals surface area contributed by atoms with Crippen molar-refractivity contribution in [2.75, 3.05) is 13.1 Å². The molecule has 1 fully saturated rings. The molecule has 13 heteroatoms. The van der Waals surface area contributed by atoms with E-state index in [0.29, 0.717) is 38.6 Å². The summed E-state index contributed by atoms with van der Waals surface area (Å²) in [5.74, 6) is -3.03. The van der Waals surface area contributed by atoms with Crippen LogP contribution in [0, 0.1) is 5.92 Å². The first-order valence-electron chi connectivity index (χ1n) is 14.0. The number of carboxylic acid groups (broad SMARTS) is 1. The summed E-state index contributed by atoms with van der Waals surface area (Å²) in [6, 6.07) is 3.93. The van der Waals surface area contributed by atoms with Crippen molar-refractivity contribution in [3.63, 3.8) is 0 Å². The molecule has 41 heavy (non-hydrogen) atoms. The van der Waals surface area contributed by atoms with Crippen LogP contribution in [0.2, 0.25) is 0 Å². The molecule has 5 unspecified atom stereocenters. The SMILES string of the molecule is CCC(C)C(NC(=O)C(CCCN=C(N)N)NC(=O)C1CCCN1C(=O)C(N)Cc1c[nH]c2ccccc12)C(=O)O. The minimum atomic E-state index is -1.16. The molecular weight excluding hydrogens is 528 g/mol. The molecule has 0 radical (unpaired) electrons. The number of carboxylic acids is 1. The number of nitrogens with one attached hydrogen (secondary N) is 3. The Balaban J connectivity index is 1.70. The zero-order valence-corrected chi connectivity index (χ0v) is 23.6. The summed E-state index contributed by atoms with van der Waals surface area (Å²) >= 11 is 0. The highest BCUT2D eigenvalue weighted by Crippen LogP contribution is 2.22. The number of nitrogens with zero attached hydrogens (tertiary/aromatic N) is 2. The number of para-hydroxylation sites is 1. The topological polar surface area (TPSA) is 222 Å². The van der Waals surface area contributed by atoms with Crippen molar-refractivity contribution >= 4 is 40.6 Å². The van der Waals surface area contributed by atoms with Crippen molar-refractivity contribution in [2.24, 2.45) is 28.1 Å². The van der Waals surface area contributed by atoms with E-state index in [2.05, 4.69) is 20.6 Å². The molecule has 1 aliphatic rings. The molecule has 13 nitrogen and oxygen atoms in total.